The van der Waals surface area contributed by atoms with Crippen LogP contribution in [0.4, 0.5) is 17.6 Å². The van der Waals surface area contributed by atoms with E-state index < -0.39 is 25.0 Å². The molecule has 1 atom stereocenters. The molecule has 3 heterocycles. The lowest BCUT2D eigenvalue weighted by Gasteiger charge is -2.18. The molecule has 12 heteroatoms. The van der Waals surface area contributed by atoms with Gasteiger partial charge in [-0.1, -0.05) is 0 Å². The Bertz CT molecular complexity index is 1070. The van der Waals surface area contributed by atoms with E-state index in [4.69, 9.17) is 9.84 Å². The summed E-state index contributed by atoms with van der Waals surface area (Å²) in [5, 5.41) is 11.7. The number of carbonyl (C=O) groups excluding carboxylic acids is 2. The number of pyridine rings is 2. The minimum atomic E-state index is -4.29. The van der Waals surface area contributed by atoms with E-state index in [1.165, 1.54) is 24.2 Å². The summed E-state index contributed by atoms with van der Waals surface area (Å²) in [4.78, 5) is 34.7. The first-order chi connectivity index (χ1) is 16.0. The predicted octanol–water partition coefficient (Wildman–Crippen LogP) is 2.26. The van der Waals surface area contributed by atoms with E-state index in [-0.39, 0.29) is 43.8 Å². The quantitative estimate of drug-likeness (QED) is 0.502. The molecule has 184 valence electrons. The highest BCUT2D eigenvalue weighted by atomic mass is 19.3. The van der Waals surface area contributed by atoms with Gasteiger partial charge in [-0.05, 0) is 31.5 Å². The minimum Gasteiger partial charge on any atom is -0.471 e. The topological polar surface area (TPSA) is 105 Å². The van der Waals surface area contributed by atoms with Gasteiger partial charge in [-0.3, -0.25) is 14.6 Å². The van der Waals surface area contributed by atoms with Gasteiger partial charge in [0.15, 0.2) is 6.61 Å². The van der Waals surface area contributed by atoms with Crippen LogP contribution in [0.15, 0.2) is 24.5 Å². The Morgan fingerprint density at radius 3 is 2.74 bits per heavy atom. The van der Waals surface area contributed by atoms with Crippen molar-refractivity contribution < 1.29 is 37.0 Å². The van der Waals surface area contributed by atoms with Crippen LogP contribution >= 0.6 is 0 Å². The third-order valence-electron chi connectivity index (χ3n) is 5.20. The van der Waals surface area contributed by atoms with Crippen molar-refractivity contribution in [3.05, 3.63) is 52.5 Å². The molecule has 0 radical (unpaired) electrons. The number of alkyl halides is 4. The molecule has 0 spiro atoms. The van der Waals surface area contributed by atoms with E-state index in [1.54, 1.807) is 19.1 Å². The van der Waals surface area contributed by atoms with Gasteiger partial charge in [0.25, 0.3) is 5.91 Å². The fourth-order valence-corrected chi connectivity index (χ4v) is 3.46. The molecule has 2 N–H and O–H groups in total. The standard InChI is InChI=1S/C22H24F4N4O4/c1-12-5-14(7-28-19(12)34-11-22(25,26)21(23)24)8-30-9-16-15(20(30)33)3-4-27-17(16)6-18(32)29-13(2)10-31/h3-5,7,13,21,31H,6,8-11H2,1-2H3,(H,29,32)/t13-/m0/s1. The summed E-state index contributed by atoms with van der Waals surface area (Å²) < 4.78 is 55.5. The van der Waals surface area contributed by atoms with Crippen molar-refractivity contribution in [3.8, 4) is 5.88 Å². The van der Waals surface area contributed by atoms with Gasteiger partial charge >= 0.3 is 12.3 Å². The maximum Gasteiger partial charge on any atom is 0.340 e. The monoisotopic (exact) mass is 484 g/mol. The third-order valence-corrected chi connectivity index (χ3v) is 5.20. The molecular formula is C22H24F4N4O4. The summed E-state index contributed by atoms with van der Waals surface area (Å²) >= 11 is 0. The van der Waals surface area contributed by atoms with Crippen LogP contribution in [0.3, 0.4) is 0 Å². The summed E-state index contributed by atoms with van der Waals surface area (Å²) in [6.07, 6.45) is -1.13. The number of nitrogens with one attached hydrogen (secondary N) is 1. The van der Waals surface area contributed by atoms with E-state index in [0.29, 0.717) is 27.9 Å². The number of aliphatic hydroxyl groups excluding tert-OH is 1. The van der Waals surface area contributed by atoms with Crippen molar-refractivity contribution in [2.45, 2.75) is 51.7 Å². The Morgan fingerprint density at radius 2 is 2.09 bits per heavy atom. The lowest BCUT2D eigenvalue weighted by Crippen LogP contribution is -2.36. The molecule has 0 aromatic carbocycles. The lowest BCUT2D eigenvalue weighted by atomic mass is 10.1. The van der Waals surface area contributed by atoms with Crippen LogP contribution in [0.25, 0.3) is 0 Å². The molecule has 0 bridgehead atoms. The maximum absolute atomic E-state index is 13.1. The highest BCUT2D eigenvalue weighted by molar-refractivity contribution is 5.98. The summed E-state index contributed by atoms with van der Waals surface area (Å²) in [5.41, 5.74) is 2.43. The molecule has 3 rings (SSSR count). The first-order valence-electron chi connectivity index (χ1n) is 10.4. The molecule has 2 amide bonds. The van der Waals surface area contributed by atoms with Crippen LogP contribution in [-0.2, 0) is 24.3 Å². The van der Waals surface area contributed by atoms with Crippen LogP contribution in [-0.4, -0.2) is 63.4 Å². The molecule has 0 aliphatic carbocycles. The van der Waals surface area contributed by atoms with Gasteiger partial charge in [0.1, 0.15) is 0 Å². The van der Waals surface area contributed by atoms with Crippen molar-refractivity contribution in [2.24, 2.45) is 0 Å². The molecule has 1 aliphatic heterocycles. The fraction of sp³-hybridized carbons (Fsp3) is 0.455. The highest BCUT2D eigenvalue weighted by Crippen LogP contribution is 2.28. The molecule has 0 unspecified atom stereocenters. The summed E-state index contributed by atoms with van der Waals surface area (Å²) in [6, 6.07) is 2.73. The molecule has 0 saturated carbocycles. The van der Waals surface area contributed by atoms with Crippen molar-refractivity contribution in [1.29, 1.82) is 0 Å². The number of ether oxygens (including phenoxy) is 1. The van der Waals surface area contributed by atoms with Gasteiger partial charge in [-0.25, -0.2) is 13.8 Å². The number of carbonyl (C=O) groups is 2. The van der Waals surface area contributed by atoms with E-state index in [9.17, 15) is 27.2 Å². The average molecular weight is 484 g/mol. The number of hydrogen-bond donors (Lipinski definition) is 2. The Hall–Kier alpha value is -3.28. The van der Waals surface area contributed by atoms with Crippen LogP contribution in [0, 0.1) is 6.92 Å². The number of fused-ring (bicyclic) bond motifs is 1. The number of aromatic nitrogens is 2. The molecule has 34 heavy (non-hydrogen) atoms. The third kappa shape index (κ3) is 5.79. The number of amides is 2. The summed E-state index contributed by atoms with van der Waals surface area (Å²) in [6.45, 7) is 1.83. The van der Waals surface area contributed by atoms with Crippen molar-refractivity contribution in [1.82, 2.24) is 20.2 Å². The van der Waals surface area contributed by atoms with Gasteiger partial charge in [0, 0.05) is 48.2 Å². The number of halogens is 4. The molecule has 0 fully saturated rings. The Balaban J connectivity index is 1.68. The largest absolute Gasteiger partial charge is 0.471 e. The van der Waals surface area contributed by atoms with Crippen LogP contribution in [0.2, 0.25) is 0 Å². The predicted molar refractivity (Wildman–Crippen MR) is 112 cm³/mol. The van der Waals surface area contributed by atoms with Gasteiger partial charge in [-0.15, -0.1) is 0 Å². The first kappa shape index (κ1) is 25.3. The smallest absolute Gasteiger partial charge is 0.340 e. The zero-order chi connectivity index (χ0) is 25.0. The van der Waals surface area contributed by atoms with Crippen LogP contribution < -0.4 is 10.1 Å². The van der Waals surface area contributed by atoms with E-state index in [0.717, 1.165) is 0 Å². The van der Waals surface area contributed by atoms with Crippen molar-refractivity contribution in [2.75, 3.05) is 13.2 Å². The number of hydrogen-bond acceptors (Lipinski definition) is 6. The zero-order valence-corrected chi connectivity index (χ0v) is 18.5. The second-order valence-corrected chi connectivity index (χ2v) is 8.09. The number of aliphatic hydroxyl groups is 1. The normalized spacial score (nSPS) is 14.4. The second-order valence-electron chi connectivity index (χ2n) is 8.09. The number of rotatable bonds is 10. The molecule has 2 aromatic rings. The van der Waals surface area contributed by atoms with Gasteiger partial charge < -0.3 is 20.1 Å². The Labute approximate surface area is 193 Å². The van der Waals surface area contributed by atoms with Crippen LogP contribution in [0.5, 0.6) is 5.88 Å². The van der Waals surface area contributed by atoms with Crippen molar-refractivity contribution in [3.63, 3.8) is 0 Å². The highest BCUT2D eigenvalue weighted by Gasteiger charge is 2.42. The molecule has 0 saturated heterocycles. The van der Waals surface area contributed by atoms with Gasteiger partial charge in [-0.2, -0.15) is 8.78 Å². The van der Waals surface area contributed by atoms with Crippen molar-refractivity contribution >= 4 is 11.8 Å². The second kappa shape index (κ2) is 10.3. The number of nitrogens with zero attached hydrogens (tertiary/aromatic N) is 3. The van der Waals surface area contributed by atoms with Crippen LogP contribution in [0.1, 0.15) is 39.7 Å². The molecular weight excluding hydrogens is 460 g/mol. The molecule has 2 aromatic heterocycles. The fourth-order valence-electron chi connectivity index (χ4n) is 3.46. The average Bonchev–Trinajstić information content (AvgIpc) is 3.09. The summed E-state index contributed by atoms with van der Waals surface area (Å²) in [7, 11) is 0. The zero-order valence-electron chi connectivity index (χ0n) is 18.5. The first-order valence-corrected chi connectivity index (χ1v) is 10.4. The number of aryl methyl sites for hydroxylation is 1. The molecule has 8 nitrogen and oxygen atoms in total. The summed E-state index contributed by atoms with van der Waals surface area (Å²) in [5.74, 6) is -5.09. The Morgan fingerprint density at radius 1 is 1.35 bits per heavy atom. The van der Waals surface area contributed by atoms with Gasteiger partial charge in [0.05, 0.1) is 18.7 Å². The maximum atomic E-state index is 13.1. The lowest BCUT2D eigenvalue weighted by molar-refractivity contribution is -0.148. The van der Waals surface area contributed by atoms with Gasteiger partial charge in [0.2, 0.25) is 11.8 Å². The van der Waals surface area contributed by atoms with E-state index >= 15 is 0 Å². The van der Waals surface area contributed by atoms with E-state index in [2.05, 4.69) is 15.3 Å². The molecule has 1 aliphatic rings. The SMILES string of the molecule is Cc1cc(CN2Cc3c(ccnc3CC(=O)N[C@@H](C)CO)C2=O)cnc1OCC(F)(F)C(F)F. The minimum absolute atomic E-state index is 0.0510. The van der Waals surface area contributed by atoms with E-state index in [1.807, 2.05) is 0 Å². The Kier molecular flexibility index (Phi) is 7.70.